The SMILES string of the molecule is COc1cccc(N2C(=O)[C@H]3C4c5ccccc5C(c5ccccc54)[C@@H]3C2=O)c1. The molecule has 1 aliphatic heterocycles. The maximum absolute atomic E-state index is 13.6. The second-order valence-electron chi connectivity index (χ2n) is 7.98. The molecule has 0 aromatic heterocycles. The van der Waals surface area contributed by atoms with Gasteiger partial charge in [-0.2, -0.15) is 0 Å². The Kier molecular flexibility index (Phi) is 3.31. The predicted octanol–water partition coefficient (Wildman–Crippen LogP) is 4.09. The molecule has 0 saturated carbocycles. The average molecular weight is 381 g/mol. The normalized spacial score (nSPS) is 26.2. The van der Waals surface area contributed by atoms with Gasteiger partial charge in [-0.25, -0.2) is 4.90 Å². The molecule has 0 unspecified atom stereocenters. The smallest absolute Gasteiger partial charge is 0.238 e. The summed E-state index contributed by atoms with van der Waals surface area (Å²) in [5.41, 5.74) is 5.33. The van der Waals surface area contributed by atoms with Gasteiger partial charge in [0.25, 0.3) is 0 Å². The molecule has 4 heteroatoms. The number of methoxy groups -OCH3 is 1. The third kappa shape index (κ3) is 2.03. The van der Waals surface area contributed by atoms with Crippen LogP contribution in [-0.2, 0) is 9.59 Å². The Labute approximate surface area is 168 Å². The van der Waals surface area contributed by atoms with Gasteiger partial charge in [0.1, 0.15) is 5.75 Å². The summed E-state index contributed by atoms with van der Waals surface area (Å²) in [6.07, 6.45) is 0. The summed E-state index contributed by atoms with van der Waals surface area (Å²) in [5.74, 6) is -0.451. The van der Waals surface area contributed by atoms with E-state index >= 15 is 0 Å². The number of ether oxygens (including phenoxy) is 1. The van der Waals surface area contributed by atoms with Crippen molar-refractivity contribution >= 4 is 17.5 Å². The van der Waals surface area contributed by atoms with Gasteiger partial charge < -0.3 is 4.74 Å². The zero-order chi connectivity index (χ0) is 19.7. The van der Waals surface area contributed by atoms with Crippen molar-refractivity contribution in [3.63, 3.8) is 0 Å². The number of hydrogen-bond donors (Lipinski definition) is 0. The van der Waals surface area contributed by atoms with Crippen LogP contribution in [0.1, 0.15) is 34.1 Å². The molecule has 142 valence electrons. The van der Waals surface area contributed by atoms with Gasteiger partial charge in [0.2, 0.25) is 11.8 Å². The number of imide groups is 1. The van der Waals surface area contributed by atoms with E-state index in [-0.39, 0.29) is 35.5 Å². The number of carbonyl (C=O) groups is 2. The molecule has 1 fully saturated rings. The Hall–Kier alpha value is -3.40. The summed E-state index contributed by atoms with van der Waals surface area (Å²) in [5, 5.41) is 0. The molecule has 1 heterocycles. The first-order valence-electron chi connectivity index (χ1n) is 9.90. The predicted molar refractivity (Wildman–Crippen MR) is 109 cm³/mol. The zero-order valence-electron chi connectivity index (χ0n) is 15.9. The highest BCUT2D eigenvalue weighted by Crippen LogP contribution is 2.61. The highest BCUT2D eigenvalue weighted by molar-refractivity contribution is 6.23. The molecule has 2 atom stereocenters. The van der Waals surface area contributed by atoms with E-state index in [9.17, 15) is 9.59 Å². The first-order chi connectivity index (χ1) is 14.2. The van der Waals surface area contributed by atoms with E-state index in [1.54, 1.807) is 19.2 Å². The van der Waals surface area contributed by atoms with Gasteiger partial charge in [0, 0.05) is 17.9 Å². The van der Waals surface area contributed by atoms with Crippen molar-refractivity contribution in [3.8, 4) is 5.75 Å². The molecule has 0 radical (unpaired) electrons. The molecule has 3 aromatic carbocycles. The van der Waals surface area contributed by atoms with Crippen molar-refractivity contribution < 1.29 is 14.3 Å². The Morgan fingerprint density at radius 2 is 1.17 bits per heavy atom. The van der Waals surface area contributed by atoms with Crippen LogP contribution in [0.15, 0.2) is 72.8 Å². The number of benzene rings is 3. The summed E-state index contributed by atoms with van der Waals surface area (Å²) in [7, 11) is 1.58. The maximum atomic E-state index is 13.6. The molecule has 7 rings (SSSR count). The van der Waals surface area contributed by atoms with Crippen LogP contribution >= 0.6 is 0 Å². The van der Waals surface area contributed by atoms with Crippen LogP contribution in [0, 0.1) is 11.8 Å². The molecule has 4 aliphatic rings. The molecule has 4 nitrogen and oxygen atoms in total. The summed E-state index contributed by atoms with van der Waals surface area (Å²) in [6, 6.07) is 23.8. The molecule has 0 spiro atoms. The van der Waals surface area contributed by atoms with Crippen LogP contribution < -0.4 is 9.64 Å². The fourth-order valence-corrected chi connectivity index (χ4v) is 5.68. The molecule has 2 bridgehead atoms. The summed E-state index contributed by atoms with van der Waals surface area (Å²) in [6.45, 7) is 0. The van der Waals surface area contributed by atoms with Crippen LogP contribution in [0.25, 0.3) is 0 Å². The zero-order valence-corrected chi connectivity index (χ0v) is 15.9. The lowest BCUT2D eigenvalue weighted by atomic mass is 9.55. The van der Waals surface area contributed by atoms with E-state index < -0.39 is 0 Å². The van der Waals surface area contributed by atoms with Crippen molar-refractivity contribution in [2.45, 2.75) is 11.8 Å². The van der Waals surface area contributed by atoms with Gasteiger partial charge in [0.05, 0.1) is 24.6 Å². The van der Waals surface area contributed by atoms with E-state index in [4.69, 9.17) is 4.74 Å². The van der Waals surface area contributed by atoms with E-state index in [1.165, 1.54) is 27.2 Å². The lowest BCUT2D eigenvalue weighted by Crippen LogP contribution is -2.41. The van der Waals surface area contributed by atoms with E-state index in [2.05, 4.69) is 24.3 Å². The monoisotopic (exact) mass is 381 g/mol. The molecule has 2 amide bonds. The molecular weight excluding hydrogens is 362 g/mol. The second kappa shape index (κ2) is 5.80. The Bertz CT molecular complexity index is 1070. The summed E-state index contributed by atoms with van der Waals surface area (Å²) in [4.78, 5) is 28.6. The van der Waals surface area contributed by atoms with Crippen molar-refractivity contribution in [2.75, 3.05) is 12.0 Å². The minimum absolute atomic E-state index is 0.0792. The highest BCUT2D eigenvalue weighted by atomic mass is 16.5. The minimum Gasteiger partial charge on any atom is -0.497 e. The van der Waals surface area contributed by atoms with Crippen LogP contribution in [0.2, 0.25) is 0 Å². The fraction of sp³-hybridized carbons (Fsp3) is 0.200. The van der Waals surface area contributed by atoms with Gasteiger partial charge in [0.15, 0.2) is 0 Å². The fourth-order valence-electron chi connectivity index (χ4n) is 5.68. The molecule has 1 saturated heterocycles. The molecule has 0 N–H and O–H groups in total. The minimum atomic E-state index is -0.358. The third-order valence-corrected chi connectivity index (χ3v) is 6.76. The number of nitrogens with zero attached hydrogens (tertiary/aromatic N) is 1. The van der Waals surface area contributed by atoms with Crippen molar-refractivity contribution in [1.82, 2.24) is 0 Å². The first-order valence-corrected chi connectivity index (χ1v) is 9.90. The Balaban J connectivity index is 1.55. The lowest BCUT2D eigenvalue weighted by Gasteiger charge is -2.45. The van der Waals surface area contributed by atoms with E-state index in [0.717, 1.165) is 0 Å². The van der Waals surface area contributed by atoms with Crippen LogP contribution in [0.5, 0.6) is 5.75 Å². The standard InChI is InChI=1S/C25H19NO3/c1-29-15-8-6-7-14(13-15)26-24(27)22-20-16-9-2-3-10-17(16)21(23(22)25(26)28)19-12-5-4-11-18(19)20/h2-13,20-23H,1H3/t20?,21?,22-,23-/m0/s1. The van der Waals surface area contributed by atoms with Crippen LogP contribution in [-0.4, -0.2) is 18.9 Å². The number of hydrogen-bond acceptors (Lipinski definition) is 3. The van der Waals surface area contributed by atoms with Gasteiger partial charge >= 0.3 is 0 Å². The molecule has 3 aromatic rings. The number of amides is 2. The van der Waals surface area contributed by atoms with Crippen LogP contribution in [0.4, 0.5) is 5.69 Å². The first kappa shape index (κ1) is 16.5. The number of anilines is 1. The Morgan fingerprint density at radius 1 is 0.690 bits per heavy atom. The van der Waals surface area contributed by atoms with Gasteiger partial charge in [-0.15, -0.1) is 0 Å². The van der Waals surface area contributed by atoms with E-state index in [1.807, 2.05) is 36.4 Å². The van der Waals surface area contributed by atoms with E-state index in [0.29, 0.717) is 11.4 Å². The summed E-state index contributed by atoms with van der Waals surface area (Å²) >= 11 is 0. The van der Waals surface area contributed by atoms with Crippen molar-refractivity contribution in [1.29, 1.82) is 0 Å². The number of rotatable bonds is 2. The highest BCUT2D eigenvalue weighted by Gasteiger charge is 2.61. The van der Waals surface area contributed by atoms with Gasteiger partial charge in [-0.3, -0.25) is 9.59 Å². The summed E-state index contributed by atoms with van der Waals surface area (Å²) < 4.78 is 5.31. The van der Waals surface area contributed by atoms with Gasteiger partial charge in [-0.1, -0.05) is 54.6 Å². The third-order valence-electron chi connectivity index (χ3n) is 6.76. The molecule has 3 aliphatic carbocycles. The molecular formula is C25H19NO3. The average Bonchev–Trinajstić information content (AvgIpc) is 3.04. The maximum Gasteiger partial charge on any atom is 0.238 e. The second-order valence-corrected chi connectivity index (χ2v) is 7.98. The molecule has 29 heavy (non-hydrogen) atoms. The van der Waals surface area contributed by atoms with Crippen LogP contribution in [0.3, 0.4) is 0 Å². The lowest BCUT2D eigenvalue weighted by molar-refractivity contribution is -0.122. The topological polar surface area (TPSA) is 46.6 Å². The van der Waals surface area contributed by atoms with Gasteiger partial charge in [-0.05, 0) is 34.4 Å². The quantitative estimate of drug-likeness (QED) is 0.628. The van der Waals surface area contributed by atoms with Crippen molar-refractivity contribution in [2.24, 2.45) is 11.8 Å². The Morgan fingerprint density at radius 3 is 1.62 bits per heavy atom. The largest absolute Gasteiger partial charge is 0.497 e. The van der Waals surface area contributed by atoms with Crippen molar-refractivity contribution in [3.05, 3.63) is 95.1 Å². The number of carbonyl (C=O) groups excluding carboxylic acids is 2.